The summed E-state index contributed by atoms with van der Waals surface area (Å²) in [5.41, 5.74) is 0.514. The molecule has 2 N–H and O–H groups in total. The van der Waals surface area contributed by atoms with Gasteiger partial charge in [-0.15, -0.1) is 24.0 Å². The molecule has 23 heavy (non-hydrogen) atoms. The summed E-state index contributed by atoms with van der Waals surface area (Å²) < 4.78 is 41.5. The number of nitrogens with zero attached hydrogens (tertiary/aromatic N) is 2. The maximum atomic E-state index is 12.2. The molecular formula is C14H20F3IN4O. The number of halogens is 4. The first-order valence-corrected chi connectivity index (χ1v) is 7.16. The number of guanidine groups is 1. The number of pyridine rings is 1. The SMILES string of the molecule is CCNC(=NCc1cccnc1OCC(F)(F)F)NC1CC1.I. The van der Waals surface area contributed by atoms with Crippen molar-refractivity contribution in [1.82, 2.24) is 15.6 Å². The molecule has 1 saturated carbocycles. The van der Waals surface area contributed by atoms with Crippen molar-refractivity contribution in [2.45, 2.75) is 38.5 Å². The first kappa shape index (κ1) is 19.8. The van der Waals surface area contributed by atoms with Gasteiger partial charge in [-0.25, -0.2) is 9.98 Å². The number of hydrogen-bond acceptors (Lipinski definition) is 3. The maximum Gasteiger partial charge on any atom is 0.422 e. The molecule has 1 aromatic rings. The average Bonchev–Trinajstić information content (AvgIpc) is 3.27. The van der Waals surface area contributed by atoms with Gasteiger partial charge in [0.2, 0.25) is 5.88 Å². The van der Waals surface area contributed by atoms with Gasteiger partial charge in [-0.3, -0.25) is 0 Å². The van der Waals surface area contributed by atoms with E-state index in [-0.39, 0.29) is 36.4 Å². The van der Waals surface area contributed by atoms with Gasteiger partial charge in [-0.1, -0.05) is 6.07 Å². The van der Waals surface area contributed by atoms with Crippen molar-refractivity contribution in [3.8, 4) is 5.88 Å². The lowest BCUT2D eigenvalue weighted by atomic mass is 10.3. The summed E-state index contributed by atoms with van der Waals surface area (Å²) in [5.74, 6) is 0.612. The minimum absolute atomic E-state index is 0. The zero-order chi connectivity index (χ0) is 16.0. The summed E-state index contributed by atoms with van der Waals surface area (Å²) in [5, 5.41) is 6.33. The van der Waals surface area contributed by atoms with E-state index in [1.807, 2.05) is 6.92 Å². The minimum Gasteiger partial charge on any atom is -0.468 e. The van der Waals surface area contributed by atoms with E-state index >= 15 is 0 Å². The molecule has 2 rings (SSSR count). The number of nitrogens with one attached hydrogen (secondary N) is 2. The molecular weight excluding hydrogens is 424 g/mol. The lowest BCUT2D eigenvalue weighted by molar-refractivity contribution is -0.154. The lowest BCUT2D eigenvalue weighted by Gasteiger charge is -2.12. The van der Waals surface area contributed by atoms with Crippen LogP contribution >= 0.6 is 24.0 Å². The van der Waals surface area contributed by atoms with Gasteiger partial charge in [-0.05, 0) is 25.8 Å². The Morgan fingerprint density at radius 2 is 2.17 bits per heavy atom. The highest BCUT2D eigenvalue weighted by atomic mass is 127. The number of alkyl halides is 3. The van der Waals surface area contributed by atoms with E-state index in [0.717, 1.165) is 12.8 Å². The molecule has 1 heterocycles. The number of ether oxygens (including phenoxy) is 1. The Balaban J connectivity index is 0.00000264. The molecule has 0 unspecified atom stereocenters. The van der Waals surface area contributed by atoms with Crippen molar-refractivity contribution in [2.24, 2.45) is 4.99 Å². The van der Waals surface area contributed by atoms with Gasteiger partial charge in [0.25, 0.3) is 0 Å². The fraction of sp³-hybridized carbons (Fsp3) is 0.571. The van der Waals surface area contributed by atoms with Crippen molar-refractivity contribution in [3.05, 3.63) is 23.9 Å². The Morgan fingerprint density at radius 3 is 2.78 bits per heavy atom. The Labute approximate surface area is 150 Å². The van der Waals surface area contributed by atoms with E-state index in [1.54, 1.807) is 12.1 Å². The quantitative estimate of drug-likeness (QED) is 0.403. The standard InChI is InChI=1S/C14H19F3N4O.HI/c1-2-18-13(21-11-5-6-11)20-8-10-4-3-7-19-12(10)22-9-14(15,16)17;/h3-4,7,11H,2,5-6,8-9H2,1H3,(H2,18,20,21);1H. The van der Waals surface area contributed by atoms with Crippen LogP contribution < -0.4 is 15.4 Å². The van der Waals surface area contributed by atoms with E-state index in [9.17, 15) is 13.2 Å². The predicted octanol–water partition coefficient (Wildman–Crippen LogP) is 2.86. The van der Waals surface area contributed by atoms with Crippen molar-refractivity contribution in [2.75, 3.05) is 13.2 Å². The normalized spacial score (nSPS) is 14.9. The topological polar surface area (TPSA) is 58.5 Å². The summed E-state index contributed by atoms with van der Waals surface area (Å²) >= 11 is 0. The Kier molecular flexibility index (Phi) is 7.86. The summed E-state index contributed by atoms with van der Waals surface area (Å²) in [7, 11) is 0. The molecule has 5 nitrogen and oxygen atoms in total. The molecule has 0 atom stereocenters. The molecule has 1 aliphatic carbocycles. The maximum absolute atomic E-state index is 12.2. The van der Waals surface area contributed by atoms with Gasteiger partial charge in [0, 0.05) is 24.3 Å². The van der Waals surface area contributed by atoms with Gasteiger partial charge >= 0.3 is 6.18 Å². The van der Waals surface area contributed by atoms with Gasteiger partial charge < -0.3 is 15.4 Å². The van der Waals surface area contributed by atoms with E-state index in [2.05, 4.69) is 20.6 Å². The third-order valence-electron chi connectivity index (χ3n) is 2.89. The Hall–Kier alpha value is -1.26. The summed E-state index contributed by atoms with van der Waals surface area (Å²) in [6, 6.07) is 3.74. The van der Waals surface area contributed by atoms with Crippen LogP contribution in [-0.2, 0) is 6.54 Å². The molecule has 0 aliphatic heterocycles. The summed E-state index contributed by atoms with van der Waals surface area (Å²) in [4.78, 5) is 8.21. The molecule has 9 heteroatoms. The van der Waals surface area contributed by atoms with Crippen molar-refractivity contribution < 1.29 is 17.9 Å². The molecule has 1 aromatic heterocycles. The fourth-order valence-corrected chi connectivity index (χ4v) is 1.73. The van der Waals surface area contributed by atoms with Crippen LogP contribution in [0.1, 0.15) is 25.3 Å². The second-order valence-corrected chi connectivity index (χ2v) is 4.99. The second kappa shape index (κ2) is 9.14. The van der Waals surface area contributed by atoms with Gasteiger partial charge in [0.05, 0.1) is 6.54 Å². The van der Waals surface area contributed by atoms with Crippen LogP contribution in [0.2, 0.25) is 0 Å². The largest absolute Gasteiger partial charge is 0.468 e. The lowest BCUT2D eigenvalue weighted by Crippen LogP contribution is -2.38. The van der Waals surface area contributed by atoms with Crippen LogP contribution in [0.5, 0.6) is 5.88 Å². The zero-order valence-electron chi connectivity index (χ0n) is 12.7. The summed E-state index contributed by atoms with van der Waals surface area (Å²) in [6.45, 7) is 1.50. The van der Waals surface area contributed by atoms with Crippen LogP contribution in [0.25, 0.3) is 0 Å². The van der Waals surface area contributed by atoms with Crippen molar-refractivity contribution in [3.63, 3.8) is 0 Å². The van der Waals surface area contributed by atoms with Crippen molar-refractivity contribution in [1.29, 1.82) is 0 Å². The van der Waals surface area contributed by atoms with Gasteiger partial charge in [-0.2, -0.15) is 13.2 Å². The molecule has 1 fully saturated rings. The first-order valence-electron chi connectivity index (χ1n) is 7.16. The highest BCUT2D eigenvalue weighted by Crippen LogP contribution is 2.21. The van der Waals surface area contributed by atoms with E-state index in [0.29, 0.717) is 24.1 Å². The third kappa shape index (κ3) is 7.71. The molecule has 0 radical (unpaired) electrons. The van der Waals surface area contributed by atoms with E-state index < -0.39 is 12.8 Å². The second-order valence-electron chi connectivity index (χ2n) is 4.99. The highest BCUT2D eigenvalue weighted by molar-refractivity contribution is 14.0. The first-order chi connectivity index (χ1) is 10.5. The number of hydrogen-bond donors (Lipinski definition) is 2. The third-order valence-corrected chi connectivity index (χ3v) is 2.89. The monoisotopic (exact) mass is 444 g/mol. The molecule has 1 aliphatic rings. The van der Waals surface area contributed by atoms with Crippen molar-refractivity contribution >= 4 is 29.9 Å². The zero-order valence-corrected chi connectivity index (χ0v) is 15.0. The van der Waals surface area contributed by atoms with Crippen LogP contribution in [0.15, 0.2) is 23.3 Å². The van der Waals surface area contributed by atoms with E-state index in [4.69, 9.17) is 4.74 Å². The molecule has 0 saturated heterocycles. The molecule has 130 valence electrons. The average molecular weight is 444 g/mol. The Morgan fingerprint density at radius 1 is 1.43 bits per heavy atom. The number of aliphatic imine (C=N–C) groups is 1. The summed E-state index contributed by atoms with van der Waals surface area (Å²) in [6.07, 6.45) is -0.776. The number of rotatable bonds is 6. The highest BCUT2D eigenvalue weighted by Gasteiger charge is 2.29. The molecule has 0 aromatic carbocycles. The molecule has 0 bridgehead atoms. The van der Waals surface area contributed by atoms with Crippen LogP contribution in [0.4, 0.5) is 13.2 Å². The van der Waals surface area contributed by atoms with Gasteiger partial charge in [0.1, 0.15) is 0 Å². The molecule has 0 amide bonds. The molecule has 0 spiro atoms. The predicted molar refractivity (Wildman–Crippen MR) is 92.2 cm³/mol. The van der Waals surface area contributed by atoms with Gasteiger partial charge in [0.15, 0.2) is 12.6 Å². The fourth-order valence-electron chi connectivity index (χ4n) is 1.73. The van der Waals surface area contributed by atoms with Crippen LogP contribution in [0.3, 0.4) is 0 Å². The van der Waals surface area contributed by atoms with Crippen LogP contribution in [-0.4, -0.2) is 36.3 Å². The van der Waals surface area contributed by atoms with Crippen LogP contribution in [0, 0.1) is 0 Å². The van der Waals surface area contributed by atoms with E-state index in [1.165, 1.54) is 6.20 Å². The Bertz CT molecular complexity index is 521. The smallest absolute Gasteiger partial charge is 0.422 e. The minimum atomic E-state index is -4.39. The number of aromatic nitrogens is 1.